The van der Waals surface area contributed by atoms with Gasteiger partial charge in [0.2, 0.25) is 0 Å². The molecule has 0 saturated carbocycles. The molecule has 0 spiro atoms. The number of hydrogen-bond donors (Lipinski definition) is 1. The van der Waals surface area contributed by atoms with Crippen LogP contribution in [0.25, 0.3) is 16.5 Å². The number of fused-ring (bicyclic) bond motifs is 1. The van der Waals surface area contributed by atoms with Crippen molar-refractivity contribution in [2.24, 2.45) is 0 Å². The average Bonchev–Trinajstić information content (AvgIpc) is 3.17. The van der Waals surface area contributed by atoms with E-state index in [1.54, 1.807) is 24.7 Å². The zero-order valence-electron chi connectivity index (χ0n) is 16.3. The molecular weight excluding hydrogens is 383 g/mol. The molecule has 5 rings (SSSR count). The fourth-order valence-electron chi connectivity index (χ4n) is 4.15. The van der Waals surface area contributed by atoms with Gasteiger partial charge in [0.15, 0.2) is 0 Å². The molecular formula is C22H21FN6O. The van der Waals surface area contributed by atoms with E-state index in [9.17, 15) is 9.18 Å². The summed E-state index contributed by atoms with van der Waals surface area (Å²) in [4.78, 5) is 26.1. The van der Waals surface area contributed by atoms with Gasteiger partial charge in [0.05, 0.1) is 11.4 Å². The van der Waals surface area contributed by atoms with Crippen LogP contribution in [0.5, 0.6) is 0 Å². The number of rotatable bonds is 4. The first-order chi connectivity index (χ1) is 14.7. The Morgan fingerprint density at radius 3 is 3.00 bits per heavy atom. The number of pyridine rings is 2. The first kappa shape index (κ1) is 18.6. The predicted octanol–water partition coefficient (Wildman–Crippen LogP) is 3.02. The molecule has 1 saturated heterocycles. The Labute approximate surface area is 172 Å². The zero-order chi connectivity index (χ0) is 20.5. The van der Waals surface area contributed by atoms with E-state index in [-0.39, 0.29) is 17.4 Å². The number of aromatic nitrogens is 5. The lowest BCUT2D eigenvalue weighted by Crippen LogP contribution is -2.34. The minimum absolute atomic E-state index is 0.0797. The first-order valence-electron chi connectivity index (χ1n) is 10.0. The number of likely N-dealkylation sites (tertiary alicyclic amines) is 1. The smallest absolute Gasteiger partial charge is 0.297 e. The molecule has 4 aromatic rings. The number of aromatic amines is 1. The van der Waals surface area contributed by atoms with Gasteiger partial charge in [-0.25, -0.2) is 9.18 Å². The molecule has 1 aromatic carbocycles. The first-order valence-corrected chi connectivity index (χ1v) is 10.0. The van der Waals surface area contributed by atoms with E-state index in [2.05, 4.69) is 25.0 Å². The van der Waals surface area contributed by atoms with Crippen molar-refractivity contribution < 1.29 is 4.39 Å². The Balaban J connectivity index is 1.41. The average molecular weight is 404 g/mol. The van der Waals surface area contributed by atoms with Crippen molar-refractivity contribution in [1.29, 1.82) is 0 Å². The molecule has 1 atom stereocenters. The normalized spacial score (nSPS) is 17.4. The van der Waals surface area contributed by atoms with E-state index in [0.29, 0.717) is 24.6 Å². The summed E-state index contributed by atoms with van der Waals surface area (Å²) < 4.78 is 15.4. The summed E-state index contributed by atoms with van der Waals surface area (Å²) in [5.74, 6) is 0.455. The van der Waals surface area contributed by atoms with Gasteiger partial charge in [-0.1, -0.05) is 12.1 Å². The lowest BCUT2D eigenvalue weighted by molar-refractivity contribution is 0.192. The van der Waals surface area contributed by atoms with Crippen molar-refractivity contribution in [2.45, 2.75) is 25.3 Å². The number of nitrogens with one attached hydrogen (secondary N) is 1. The van der Waals surface area contributed by atoms with Crippen molar-refractivity contribution in [2.75, 3.05) is 13.1 Å². The highest BCUT2D eigenvalue weighted by molar-refractivity contribution is 5.89. The SMILES string of the molecule is O=c1[nH]c(C2CCCN(Cc3ncccc3F)C2)nn1-c1cccc2cnccc12. The van der Waals surface area contributed by atoms with Crippen molar-refractivity contribution in [3.05, 3.63) is 82.8 Å². The van der Waals surface area contributed by atoms with Crippen LogP contribution in [0.3, 0.4) is 0 Å². The molecule has 8 heteroatoms. The Kier molecular flexibility index (Phi) is 4.84. The fraction of sp³-hybridized carbons (Fsp3) is 0.273. The number of benzene rings is 1. The van der Waals surface area contributed by atoms with Crippen LogP contribution in [0.1, 0.15) is 30.3 Å². The summed E-state index contributed by atoms with van der Waals surface area (Å²) in [7, 11) is 0. The molecule has 1 aliphatic rings. The minimum atomic E-state index is -0.289. The molecule has 0 amide bonds. The number of nitrogens with zero attached hydrogens (tertiary/aromatic N) is 5. The molecule has 1 aliphatic heterocycles. The summed E-state index contributed by atoms with van der Waals surface area (Å²) in [6.45, 7) is 2.01. The molecule has 30 heavy (non-hydrogen) atoms. The van der Waals surface area contributed by atoms with Crippen molar-refractivity contribution >= 4 is 10.8 Å². The highest BCUT2D eigenvalue weighted by atomic mass is 19.1. The van der Waals surface area contributed by atoms with E-state index in [1.807, 2.05) is 24.3 Å². The summed E-state index contributed by atoms with van der Waals surface area (Å²) >= 11 is 0. The van der Waals surface area contributed by atoms with Crippen molar-refractivity contribution in [3.8, 4) is 5.69 Å². The molecule has 1 N–H and O–H groups in total. The predicted molar refractivity (Wildman–Crippen MR) is 111 cm³/mol. The number of hydrogen-bond acceptors (Lipinski definition) is 5. The van der Waals surface area contributed by atoms with Crippen LogP contribution in [0.4, 0.5) is 4.39 Å². The van der Waals surface area contributed by atoms with Crippen LogP contribution in [0, 0.1) is 5.82 Å². The maximum Gasteiger partial charge on any atom is 0.348 e. The highest BCUT2D eigenvalue weighted by Crippen LogP contribution is 2.26. The van der Waals surface area contributed by atoms with Gasteiger partial charge in [-0.2, -0.15) is 4.68 Å². The standard InChI is InChI=1S/C22H21FN6O/c23-18-6-2-9-25-19(18)14-28-11-3-5-16(13-28)21-26-22(30)29(27-21)20-7-1-4-15-12-24-10-8-17(15)20/h1-2,4,6-10,12,16H,3,5,11,13-14H2,(H,26,27,30). The second-order valence-corrected chi connectivity index (χ2v) is 7.61. The Hall–Kier alpha value is -3.39. The number of piperidine rings is 1. The maximum atomic E-state index is 14.0. The Morgan fingerprint density at radius 1 is 1.17 bits per heavy atom. The van der Waals surface area contributed by atoms with E-state index < -0.39 is 0 Å². The second-order valence-electron chi connectivity index (χ2n) is 7.61. The quantitative estimate of drug-likeness (QED) is 0.566. The number of halogens is 1. The highest BCUT2D eigenvalue weighted by Gasteiger charge is 2.26. The third-order valence-corrected chi connectivity index (χ3v) is 5.62. The molecule has 0 aliphatic carbocycles. The molecule has 1 fully saturated rings. The van der Waals surface area contributed by atoms with Crippen LogP contribution in [0.2, 0.25) is 0 Å². The summed E-state index contributed by atoms with van der Waals surface area (Å²) in [6, 6.07) is 10.6. The van der Waals surface area contributed by atoms with E-state index in [0.717, 1.165) is 35.8 Å². The van der Waals surface area contributed by atoms with Gasteiger partial charge in [-0.15, -0.1) is 5.10 Å². The Bertz CT molecular complexity index is 1240. The maximum absolute atomic E-state index is 14.0. The monoisotopic (exact) mass is 404 g/mol. The minimum Gasteiger partial charge on any atom is -0.297 e. The molecule has 152 valence electrons. The van der Waals surface area contributed by atoms with E-state index in [4.69, 9.17) is 0 Å². The fourth-order valence-corrected chi connectivity index (χ4v) is 4.15. The largest absolute Gasteiger partial charge is 0.348 e. The van der Waals surface area contributed by atoms with Gasteiger partial charge in [-0.3, -0.25) is 19.9 Å². The van der Waals surface area contributed by atoms with E-state index in [1.165, 1.54) is 10.7 Å². The van der Waals surface area contributed by atoms with Crippen LogP contribution < -0.4 is 5.69 Å². The third-order valence-electron chi connectivity index (χ3n) is 5.62. The van der Waals surface area contributed by atoms with Gasteiger partial charge < -0.3 is 0 Å². The van der Waals surface area contributed by atoms with Crippen molar-refractivity contribution in [1.82, 2.24) is 29.6 Å². The molecule has 4 heterocycles. The summed E-state index contributed by atoms with van der Waals surface area (Å²) in [5, 5.41) is 6.50. The molecule has 0 bridgehead atoms. The Morgan fingerprint density at radius 2 is 2.10 bits per heavy atom. The summed E-state index contributed by atoms with van der Waals surface area (Å²) in [5.41, 5.74) is 0.911. The lowest BCUT2D eigenvalue weighted by Gasteiger charge is -2.31. The van der Waals surface area contributed by atoms with Crippen LogP contribution in [0.15, 0.2) is 59.8 Å². The lowest BCUT2D eigenvalue weighted by atomic mass is 9.97. The van der Waals surface area contributed by atoms with Gasteiger partial charge in [-0.05, 0) is 43.7 Å². The van der Waals surface area contributed by atoms with Crippen LogP contribution in [-0.4, -0.2) is 42.7 Å². The molecule has 3 aromatic heterocycles. The van der Waals surface area contributed by atoms with E-state index >= 15 is 0 Å². The zero-order valence-corrected chi connectivity index (χ0v) is 16.3. The van der Waals surface area contributed by atoms with Crippen LogP contribution in [-0.2, 0) is 6.54 Å². The van der Waals surface area contributed by atoms with Crippen molar-refractivity contribution in [3.63, 3.8) is 0 Å². The van der Waals surface area contributed by atoms with Gasteiger partial charge in [0.25, 0.3) is 0 Å². The van der Waals surface area contributed by atoms with Gasteiger partial charge >= 0.3 is 5.69 Å². The van der Waals surface area contributed by atoms with Crippen LogP contribution >= 0.6 is 0 Å². The molecule has 1 unspecified atom stereocenters. The molecule has 0 radical (unpaired) electrons. The summed E-state index contributed by atoms with van der Waals surface area (Å²) in [6.07, 6.45) is 6.97. The topological polar surface area (TPSA) is 79.7 Å². The second kappa shape index (κ2) is 7.79. The van der Waals surface area contributed by atoms with Gasteiger partial charge in [0.1, 0.15) is 11.6 Å². The number of H-pyrrole nitrogens is 1. The van der Waals surface area contributed by atoms with Gasteiger partial charge in [0, 0.05) is 48.4 Å². The third kappa shape index (κ3) is 3.50. The molecule has 7 nitrogen and oxygen atoms in total.